The van der Waals surface area contributed by atoms with Crippen LogP contribution in [0.25, 0.3) is 0 Å². The minimum atomic E-state index is -4.59. The molecule has 0 rings (SSSR count). The molecule has 0 bridgehead atoms. The zero-order valence-electron chi connectivity index (χ0n) is 35.9. The Balaban J connectivity index is 4.50. The Morgan fingerprint density at radius 1 is 0.630 bits per heavy atom. The lowest BCUT2D eigenvalue weighted by molar-refractivity contribution is -0.870. The second kappa shape index (κ2) is 37.3. The summed E-state index contributed by atoms with van der Waals surface area (Å²) in [5.74, 6) is -0.212. The number of nitrogens with one attached hydrogen (secondary N) is 1. The zero-order valence-corrected chi connectivity index (χ0v) is 36.8. The summed E-state index contributed by atoms with van der Waals surface area (Å²) in [5.41, 5.74) is 0. The SMILES string of the molecule is CCCCCCCCCC/C=C/CC/C=C/CC/C=C/C(O)C(COP(=O)([O-])OCC[N+](C)(C)C)NC(=O)CCCCCCCCCCCCCCCC. The fourth-order valence-corrected chi connectivity index (χ4v) is 6.97. The Morgan fingerprint density at radius 2 is 1.04 bits per heavy atom. The number of carbonyl (C=O) groups excluding carboxylic acids is 1. The van der Waals surface area contributed by atoms with Crippen LogP contribution in [0.4, 0.5) is 0 Å². The van der Waals surface area contributed by atoms with Gasteiger partial charge in [-0.05, 0) is 44.9 Å². The molecule has 0 saturated heterocycles. The van der Waals surface area contributed by atoms with Crippen LogP contribution >= 0.6 is 7.82 Å². The molecule has 8 nitrogen and oxygen atoms in total. The van der Waals surface area contributed by atoms with Crippen molar-refractivity contribution in [1.82, 2.24) is 5.32 Å². The number of unbranched alkanes of at least 4 members (excludes halogenated alkanes) is 23. The lowest BCUT2D eigenvalue weighted by Gasteiger charge is -2.29. The number of aliphatic hydroxyl groups excluding tert-OH is 1. The third-order valence-corrected chi connectivity index (χ3v) is 10.8. The summed E-state index contributed by atoms with van der Waals surface area (Å²) in [6.45, 7) is 4.61. The number of allylic oxidation sites excluding steroid dienone is 5. The van der Waals surface area contributed by atoms with Gasteiger partial charge in [-0.15, -0.1) is 0 Å². The maximum atomic E-state index is 12.8. The largest absolute Gasteiger partial charge is 0.756 e. The number of hydrogen-bond donors (Lipinski definition) is 2. The summed E-state index contributed by atoms with van der Waals surface area (Å²) in [7, 11) is 1.24. The molecule has 3 atom stereocenters. The summed E-state index contributed by atoms with van der Waals surface area (Å²) in [6.07, 6.45) is 44.7. The van der Waals surface area contributed by atoms with Gasteiger partial charge in [0.1, 0.15) is 13.2 Å². The Morgan fingerprint density at radius 3 is 1.50 bits per heavy atom. The fraction of sp³-hybridized carbons (Fsp3) is 0.844. The van der Waals surface area contributed by atoms with E-state index in [4.69, 9.17) is 9.05 Å². The van der Waals surface area contributed by atoms with E-state index in [1.165, 1.54) is 128 Å². The second-order valence-corrected chi connectivity index (χ2v) is 17.8. The van der Waals surface area contributed by atoms with Gasteiger partial charge < -0.3 is 28.8 Å². The van der Waals surface area contributed by atoms with E-state index >= 15 is 0 Å². The van der Waals surface area contributed by atoms with Crippen LogP contribution in [0.15, 0.2) is 36.5 Å². The Hall–Kier alpha value is -1.28. The molecule has 0 spiro atoms. The molecule has 0 aromatic carbocycles. The van der Waals surface area contributed by atoms with Crippen molar-refractivity contribution in [3.05, 3.63) is 36.5 Å². The first-order valence-corrected chi connectivity index (χ1v) is 23.8. The normalized spacial score (nSPS) is 14.7. The number of rotatable bonds is 40. The molecule has 1 amide bonds. The summed E-state index contributed by atoms with van der Waals surface area (Å²) in [6, 6.07) is -0.905. The van der Waals surface area contributed by atoms with Crippen molar-refractivity contribution in [2.75, 3.05) is 40.9 Å². The van der Waals surface area contributed by atoms with E-state index in [0.717, 1.165) is 44.9 Å². The van der Waals surface area contributed by atoms with E-state index < -0.39 is 26.6 Å². The number of phosphoric ester groups is 1. The van der Waals surface area contributed by atoms with Gasteiger partial charge in [0.2, 0.25) is 5.91 Å². The predicted octanol–water partition coefficient (Wildman–Crippen LogP) is 11.7. The Kier molecular flexibility index (Phi) is 36.4. The number of nitrogens with zero attached hydrogens (tertiary/aromatic N) is 1. The van der Waals surface area contributed by atoms with E-state index in [-0.39, 0.29) is 12.5 Å². The van der Waals surface area contributed by atoms with Gasteiger partial charge >= 0.3 is 0 Å². The highest BCUT2D eigenvalue weighted by Gasteiger charge is 2.23. The lowest BCUT2D eigenvalue weighted by atomic mass is 10.0. The topological polar surface area (TPSA) is 108 Å². The van der Waals surface area contributed by atoms with Gasteiger partial charge in [-0.25, -0.2) is 0 Å². The third-order valence-electron chi connectivity index (χ3n) is 9.83. The van der Waals surface area contributed by atoms with Gasteiger partial charge in [0.15, 0.2) is 0 Å². The quantitative estimate of drug-likeness (QED) is 0.0277. The number of amides is 1. The van der Waals surface area contributed by atoms with Crippen molar-refractivity contribution >= 4 is 13.7 Å². The zero-order chi connectivity index (χ0) is 40.0. The molecule has 3 unspecified atom stereocenters. The molecule has 0 radical (unpaired) electrons. The van der Waals surface area contributed by atoms with Crippen LogP contribution in [0.3, 0.4) is 0 Å². The van der Waals surface area contributed by atoms with E-state index in [1.54, 1.807) is 6.08 Å². The third kappa shape index (κ3) is 39.0. The van der Waals surface area contributed by atoms with Crippen LogP contribution in [0.2, 0.25) is 0 Å². The summed E-state index contributed by atoms with van der Waals surface area (Å²) >= 11 is 0. The number of quaternary nitrogens is 1. The molecule has 2 N–H and O–H groups in total. The molecule has 9 heteroatoms. The maximum Gasteiger partial charge on any atom is 0.268 e. The Labute approximate surface area is 334 Å². The maximum absolute atomic E-state index is 12.8. The summed E-state index contributed by atoms with van der Waals surface area (Å²) in [4.78, 5) is 25.3. The van der Waals surface area contributed by atoms with E-state index in [0.29, 0.717) is 17.4 Å². The highest BCUT2D eigenvalue weighted by Crippen LogP contribution is 2.38. The highest BCUT2D eigenvalue weighted by molar-refractivity contribution is 7.45. The molecule has 54 heavy (non-hydrogen) atoms. The van der Waals surface area contributed by atoms with Crippen LogP contribution < -0.4 is 10.2 Å². The molecule has 0 saturated carbocycles. The van der Waals surface area contributed by atoms with Crippen molar-refractivity contribution in [3.63, 3.8) is 0 Å². The molecule has 0 aliphatic heterocycles. The first-order valence-electron chi connectivity index (χ1n) is 22.4. The average molecular weight is 783 g/mol. The van der Waals surface area contributed by atoms with Crippen molar-refractivity contribution in [1.29, 1.82) is 0 Å². The molecule has 0 aliphatic carbocycles. The van der Waals surface area contributed by atoms with Gasteiger partial charge in [-0.3, -0.25) is 9.36 Å². The molecule has 318 valence electrons. The molecular formula is C45H87N2O6P. The molecule has 0 aromatic rings. The van der Waals surface area contributed by atoms with Crippen molar-refractivity contribution in [2.45, 2.75) is 206 Å². The average Bonchev–Trinajstić information content (AvgIpc) is 3.12. The van der Waals surface area contributed by atoms with Crippen LogP contribution in [-0.4, -0.2) is 68.5 Å². The predicted molar refractivity (Wildman–Crippen MR) is 228 cm³/mol. The molecule has 0 aromatic heterocycles. The number of likely N-dealkylation sites (N-methyl/N-ethyl adjacent to an activating group) is 1. The highest BCUT2D eigenvalue weighted by atomic mass is 31.2. The first kappa shape index (κ1) is 52.7. The standard InChI is InChI=1S/C45H87N2O6P/c1-6-8-10-12-14-16-18-20-22-23-24-25-26-28-30-32-34-36-38-44(48)43(42-53-54(50,51)52-41-40-47(3,4)5)46-45(49)39-37-35-33-31-29-27-21-19-17-15-13-11-9-7-2/h23-24,28,30,36,38,43-44,48H,6-22,25-27,29,31-35,37,39-42H2,1-5H3,(H-,46,49,50,51)/b24-23+,30-28+,38-36+. The number of carbonyl (C=O) groups is 1. The van der Waals surface area contributed by atoms with Crippen LogP contribution in [0.5, 0.6) is 0 Å². The summed E-state index contributed by atoms with van der Waals surface area (Å²) in [5, 5.41) is 13.7. The van der Waals surface area contributed by atoms with Gasteiger partial charge in [-0.2, -0.15) is 0 Å². The smallest absolute Gasteiger partial charge is 0.268 e. The fourth-order valence-electron chi connectivity index (χ4n) is 6.24. The van der Waals surface area contributed by atoms with Crippen molar-refractivity contribution in [3.8, 4) is 0 Å². The molecule has 0 heterocycles. The minimum Gasteiger partial charge on any atom is -0.756 e. The number of hydrogen-bond acceptors (Lipinski definition) is 6. The van der Waals surface area contributed by atoms with E-state index in [2.05, 4.69) is 43.5 Å². The van der Waals surface area contributed by atoms with E-state index in [9.17, 15) is 19.4 Å². The molecular weight excluding hydrogens is 695 g/mol. The van der Waals surface area contributed by atoms with Crippen LogP contribution in [0.1, 0.15) is 194 Å². The van der Waals surface area contributed by atoms with E-state index in [1.807, 2.05) is 27.2 Å². The van der Waals surface area contributed by atoms with Crippen molar-refractivity contribution in [2.24, 2.45) is 0 Å². The van der Waals surface area contributed by atoms with Crippen LogP contribution in [-0.2, 0) is 18.4 Å². The summed E-state index contributed by atoms with van der Waals surface area (Å²) < 4.78 is 23.2. The monoisotopic (exact) mass is 783 g/mol. The molecule has 0 fully saturated rings. The van der Waals surface area contributed by atoms with Crippen LogP contribution in [0, 0.1) is 0 Å². The lowest BCUT2D eigenvalue weighted by Crippen LogP contribution is -2.45. The number of phosphoric acid groups is 1. The van der Waals surface area contributed by atoms with Gasteiger partial charge in [0, 0.05) is 6.42 Å². The number of aliphatic hydroxyl groups is 1. The van der Waals surface area contributed by atoms with Gasteiger partial charge in [-0.1, -0.05) is 179 Å². The van der Waals surface area contributed by atoms with Gasteiger partial charge in [0.05, 0.1) is 39.9 Å². The van der Waals surface area contributed by atoms with Gasteiger partial charge in [0.25, 0.3) is 7.82 Å². The molecule has 0 aliphatic rings. The second-order valence-electron chi connectivity index (χ2n) is 16.4. The Bertz CT molecular complexity index is 980. The first-order chi connectivity index (χ1) is 26.0. The van der Waals surface area contributed by atoms with Crippen molar-refractivity contribution < 1.29 is 32.9 Å². The minimum absolute atomic E-state index is 0.00794.